The summed E-state index contributed by atoms with van der Waals surface area (Å²) >= 11 is 0. The second-order valence-electron chi connectivity index (χ2n) is 5.52. The van der Waals surface area contributed by atoms with Gasteiger partial charge in [0.25, 0.3) is 0 Å². The minimum atomic E-state index is -1.03. The van der Waals surface area contributed by atoms with Crippen LogP contribution in [0.2, 0.25) is 0 Å². The van der Waals surface area contributed by atoms with Crippen molar-refractivity contribution >= 4 is 5.97 Å². The predicted octanol–water partition coefficient (Wildman–Crippen LogP) is 3.43. The molecule has 0 atom stereocenters. The molecular formula is C16H17FN2O2. The van der Waals surface area contributed by atoms with Gasteiger partial charge >= 0.3 is 5.97 Å². The lowest BCUT2D eigenvalue weighted by molar-refractivity contribution is -0.136. The number of hydrogen-bond donors (Lipinski definition) is 1. The molecule has 21 heavy (non-hydrogen) atoms. The van der Waals surface area contributed by atoms with Crippen LogP contribution in [0.1, 0.15) is 37.3 Å². The van der Waals surface area contributed by atoms with Crippen LogP contribution in [0.25, 0.3) is 11.1 Å². The number of benzene rings is 1. The predicted molar refractivity (Wildman–Crippen MR) is 76.5 cm³/mol. The second kappa shape index (κ2) is 5.68. The number of carbonyl (C=O) groups is 1. The fraction of sp³-hybridized carbons (Fsp3) is 0.375. The SMILES string of the molecule is O=C(O)Cc1cc(-c2cnn(C3CCCC3)c2)ccc1F. The Labute approximate surface area is 122 Å². The van der Waals surface area contributed by atoms with Crippen molar-refractivity contribution in [2.45, 2.75) is 38.1 Å². The van der Waals surface area contributed by atoms with Crippen LogP contribution in [0.4, 0.5) is 4.39 Å². The van der Waals surface area contributed by atoms with E-state index < -0.39 is 11.8 Å². The lowest BCUT2D eigenvalue weighted by Gasteiger charge is -2.08. The van der Waals surface area contributed by atoms with Gasteiger partial charge in [-0.2, -0.15) is 5.10 Å². The summed E-state index contributed by atoms with van der Waals surface area (Å²) in [7, 11) is 0. The normalized spacial score (nSPS) is 15.5. The first-order chi connectivity index (χ1) is 10.1. The van der Waals surface area contributed by atoms with E-state index in [-0.39, 0.29) is 12.0 Å². The highest BCUT2D eigenvalue weighted by atomic mass is 19.1. The van der Waals surface area contributed by atoms with Crippen LogP contribution in [0, 0.1) is 5.82 Å². The minimum absolute atomic E-state index is 0.202. The smallest absolute Gasteiger partial charge is 0.307 e. The third-order valence-corrected chi connectivity index (χ3v) is 4.02. The maximum absolute atomic E-state index is 13.6. The van der Waals surface area contributed by atoms with Crippen molar-refractivity contribution in [3.05, 3.63) is 42.0 Å². The van der Waals surface area contributed by atoms with E-state index in [0.717, 1.165) is 24.0 Å². The van der Waals surface area contributed by atoms with Gasteiger partial charge < -0.3 is 5.11 Å². The molecule has 3 rings (SSSR count). The zero-order chi connectivity index (χ0) is 14.8. The maximum Gasteiger partial charge on any atom is 0.307 e. The minimum Gasteiger partial charge on any atom is -0.481 e. The zero-order valence-electron chi connectivity index (χ0n) is 11.6. The molecule has 0 bridgehead atoms. The van der Waals surface area contributed by atoms with Crippen molar-refractivity contribution in [1.82, 2.24) is 9.78 Å². The van der Waals surface area contributed by atoms with Crippen molar-refractivity contribution in [2.24, 2.45) is 0 Å². The Morgan fingerprint density at radius 2 is 2.10 bits per heavy atom. The summed E-state index contributed by atoms with van der Waals surface area (Å²) in [5.41, 5.74) is 1.90. The second-order valence-corrected chi connectivity index (χ2v) is 5.52. The monoisotopic (exact) mass is 288 g/mol. The van der Waals surface area contributed by atoms with Gasteiger partial charge in [0.15, 0.2) is 0 Å². The fourth-order valence-corrected chi connectivity index (χ4v) is 2.91. The molecule has 0 unspecified atom stereocenters. The molecule has 0 radical (unpaired) electrons. The fourth-order valence-electron chi connectivity index (χ4n) is 2.91. The molecular weight excluding hydrogens is 271 g/mol. The summed E-state index contributed by atoms with van der Waals surface area (Å²) < 4.78 is 15.6. The number of carboxylic acid groups (broad SMARTS) is 1. The summed E-state index contributed by atoms with van der Waals surface area (Å²) in [5.74, 6) is -1.52. The largest absolute Gasteiger partial charge is 0.481 e. The van der Waals surface area contributed by atoms with Gasteiger partial charge in [-0.05, 0) is 36.1 Å². The van der Waals surface area contributed by atoms with Crippen LogP contribution >= 0.6 is 0 Å². The van der Waals surface area contributed by atoms with E-state index in [0.29, 0.717) is 6.04 Å². The molecule has 1 aliphatic carbocycles. The molecule has 0 spiro atoms. The van der Waals surface area contributed by atoms with E-state index in [1.54, 1.807) is 18.3 Å². The number of rotatable bonds is 4. The van der Waals surface area contributed by atoms with Crippen LogP contribution in [0.5, 0.6) is 0 Å². The summed E-state index contributed by atoms with van der Waals surface area (Å²) in [4.78, 5) is 10.8. The van der Waals surface area contributed by atoms with Crippen LogP contribution < -0.4 is 0 Å². The zero-order valence-corrected chi connectivity index (χ0v) is 11.6. The van der Waals surface area contributed by atoms with Crippen molar-refractivity contribution in [3.63, 3.8) is 0 Å². The van der Waals surface area contributed by atoms with Crippen LogP contribution in [-0.4, -0.2) is 20.9 Å². The molecule has 1 fully saturated rings. The Morgan fingerprint density at radius 1 is 1.33 bits per heavy atom. The quantitative estimate of drug-likeness (QED) is 0.937. The van der Waals surface area contributed by atoms with Gasteiger partial charge in [-0.3, -0.25) is 9.48 Å². The molecule has 0 amide bonds. The first kappa shape index (κ1) is 13.8. The Morgan fingerprint density at radius 3 is 2.81 bits per heavy atom. The van der Waals surface area contributed by atoms with Gasteiger partial charge in [0.1, 0.15) is 5.82 Å². The number of aliphatic carboxylic acids is 1. The first-order valence-corrected chi connectivity index (χ1v) is 7.18. The molecule has 1 aromatic heterocycles. The van der Waals surface area contributed by atoms with E-state index in [9.17, 15) is 9.18 Å². The first-order valence-electron chi connectivity index (χ1n) is 7.18. The van der Waals surface area contributed by atoms with Crippen LogP contribution in [0.3, 0.4) is 0 Å². The van der Waals surface area contributed by atoms with Crippen LogP contribution in [0.15, 0.2) is 30.6 Å². The third kappa shape index (κ3) is 2.96. The highest BCUT2D eigenvalue weighted by Gasteiger charge is 2.18. The highest BCUT2D eigenvalue weighted by molar-refractivity contribution is 5.72. The molecule has 1 aromatic carbocycles. The van der Waals surface area contributed by atoms with Gasteiger partial charge in [0.05, 0.1) is 18.7 Å². The topological polar surface area (TPSA) is 55.1 Å². The van der Waals surface area contributed by atoms with Crippen molar-refractivity contribution in [1.29, 1.82) is 0 Å². The van der Waals surface area contributed by atoms with Crippen LogP contribution in [-0.2, 0) is 11.2 Å². The third-order valence-electron chi connectivity index (χ3n) is 4.02. The lowest BCUT2D eigenvalue weighted by atomic mass is 10.0. The highest BCUT2D eigenvalue weighted by Crippen LogP contribution is 2.30. The van der Waals surface area contributed by atoms with Gasteiger partial charge in [-0.15, -0.1) is 0 Å². The number of hydrogen-bond acceptors (Lipinski definition) is 2. The number of aromatic nitrogens is 2. The number of halogens is 1. The summed E-state index contributed by atoms with van der Waals surface area (Å²) in [6, 6.07) is 5.04. The Balaban J connectivity index is 1.87. The number of nitrogens with zero attached hydrogens (tertiary/aromatic N) is 2. The molecule has 0 saturated heterocycles. The molecule has 2 aromatic rings. The average Bonchev–Trinajstić information content (AvgIpc) is 3.10. The van der Waals surface area contributed by atoms with E-state index in [1.807, 2.05) is 10.9 Å². The Hall–Kier alpha value is -2.17. The molecule has 1 saturated carbocycles. The molecule has 1 N–H and O–H groups in total. The van der Waals surface area contributed by atoms with Gasteiger partial charge in [-0.25, -0.2) is 4.39 Å². The molecule has 110 valence electrons. The molecule has 0 aliphatic heterocycles. The van der Waals surface area contributed by atoms with Gasteiger partial charge in [0.2, 0.25) is 0 Å². The molecule has 1 heterocycles. The van der Waals surface area contributed by atoms with Crippen molar-refractivity contribution < 1.29 is 14.3 Å². The van der Waals surface area contributed by atoms with Crippen molar-refractivity contribution in [2.75, 3.05) is 0 Å². The Bertz CT molecular complexity index is 660. The lowest BCUT2D eigenvalue weighted by Crippen LogP contribution is -2.04. The number of carboxylic acids is 1. The summed E-state index contributed by atoms with van der Waals surface area (Å²) in [6.07, 6.45) is 8.18. The average molecular weight is 288 g/mol. The summed E-state index contributed by atoms with van der Waals surface area (Å²) in [6.45, 7) is 0. The van der Waals surface area contributed by atoms with E-state index in [2.05, 4.69) is 5.10 Å². The maximum atomic E-state index is 13.6. The van der Waals surface area contributed by atoms with Gasteiger partial charge in [-0.1, -0.05) is 18.9 Å². The van der Waals surface area contributed by atoms with E-state index in [4.69, 9.17) is 5.11 Å². The summed E-state index contributed by atoms with van der Waals surface area (Å²) in [5, 5.41) is 13.2. The van der Waals surface area contributed by atoms with E-state index >= 15 is 0 Å². The molecule has 1 aliphatic rings. The Kier molecular flexibility index (Phi) is 3.73. The standard InChI is InChI=1S/C16H17FN2O2/c17-15-6-5-11(7-12(15)8-16(20)21)13-9-18-19(10-13)14-3-1-2-4-14/h5-7,9-10,14H,1-4,8H2,(H,20,21). The van der Waals surface area contributed by atoms with Gasteiger partial charge in [0, 0.05) is 11.8 Å². The molecule has 5 heteroatoms. The van der Waals surface area contributed by atoms with Crippen molar-refractivity contribution in [3.8, 4) is 11.1 Å². The van der Waals surface area contributed by atoms with E-state index in [1.165, 1.54) is 18.9 Å². The molecule has 4 nitrogen and oxygen atoms in total.